The largest absolute Gasteiger partial charge is 0.542 e. The molecule has 6 rings (SSSR count). The molecule has 3 heterocycles. The number of amides is 4. The van der Waals surface area contributed by atoms with Gasteiger partial charge in [-0.25, -0.2) is 19.3 Å². The zero-order valence-electron chi connectivity index (χ0n) is 34.3. The van der Waals surface area contributed by atoms with E-state index < -0.39 is 14.3 Å². The number of anilines is 3. The molecule has 0 atom stereocenters. The molecule has 1 aliphatic heterocycles. The summed E-state index contributed by atoms with van der Waals surface area (Å²) in [6, 6.07) is 21.5. The molecule has 4 amide bonds. The summed E-state index contributed by atoms with van der Waals surface area (Å²) in [7, 11) is -2.24. The highest BCUT2D eigenvalue weighted by molar-refractivity contribution is 6.78. The molecule has 0 bridgehead atoms. The van der Waals surface area contributed by atoms with Crippen molar-refractivity contribution in [2.24, 2.45) is 0 Å². The number of fused-ring (bicyclic) bond motifs is 1. The first-order valence-electron chi connectivity index (χ1n) is 19.5. The lowest BCUT2D eigenvalue weighted by Gasteiger charge is -2.42. The fraction of sp³-hybridized carbons (Fsp3) is 0.395. The minimum atomic E-state index is -2.24. The molecule has 0 spiro atoms. The van der Waals surface area contributed by atoms with Gasteiger partial charge in [0, 0.05) is 47.6 Å². The Labute approximate surface area is 341 Å². The second-order valence-corrected chi connectivity index (χ2v) is 22.1. The molecule has 57 heavy (non-hydrogen) atoms. The van der Waals surface area contributed by atoms with Crippen LogP contribution in [0.25, 0.3) is 16.5 Å². The van der Waals surface area contributed by atoms with Gasteiger partial charge in [-0.15, -0.1) is 0 Å². The van der Waals surface area contributed by atoms with E-state index in [9.17, 15) is 9.59 Å². The summed E-state index contributed by atoms with van der Waals surface area (Å²) in [6.07, 6.45) is 1.58. The SMILES string of the molecule is CC(C)[Si](Oc1ccc(-n2nc(C(C)(C)C)cc2NC(=O)Nc2ccc(Oc3ccnc(NC(=O)N4CCOCC4)c3)c3ccccc23)cc1Cl)(C(C)C)C(C)C. The molecule has 14 heteroatoms. The Balaban J connectivity index is 1.22. The molecule has 3 aromatic carbocycles. The van der Waals surface area contributed by atoms with Crippen molar-refractivity contribution in [1.29, 1.82) is 0 Å². The molecule has 1 saturated heterocycles. The Bertz CT molecular complexity index is 2210. The van der Waals surface area contributed by atoms with E-state index in [1.807, 2.05) is 48.5 Å². The quantitative estimate of drug-likeness (QED) is 0.113. The average molecular weight is 812 g/mol. The first kappa shape index (κ1) is 41.5. The molecular weight excluding hydrogens is 758 g/mol. The Morgan fingerprint density at radius 2 is 1.49 bits per heavy atom. The van der Waals surface area contributed by atoms with Gasteiger partial charge in [-0.05, 0) is 53.0 Å². The number of halogens is 1. The van der Waals surface area contributed by atoms with Crippen molar-refractivity contribution < 1.29 is 23.5 Å². The number of morpholine rings is 1. The van der Waals surface area contributed by atoms with Crippen molar-refractivity contribution in [3.05, 3.63) is 89.7 Å². The molecule has 5 aromatic rings. The number of pyridine rings is 1. The van der Waals surface area contributed by atoms with E-state index in [0.29, 0.717) is 88.2 Å². The first-order valence-corrected chi connectivity index (χ1v) is 22.1. The summed E-state index contributed by atoms with van der Waals surface area (Å²) >= 11 is 6.96. The van der Waals surface area contributed by atoms with Gasteiger partial charge in [0.2, 0.25) is 0 Å². The van der Waals surface area contributed by atoms with Crippen LogP contribution in [0, 0.1) is 0 Å². The lowest BCUT2D eigenvalue weighted by atomic mass is 9.92. The smallest absolute Gasteiger partial charge is 0.324 e. The van der Waals surface area contributed by atoms with Crippen molar-refractivity contribution in [2.75, 3.05) is 42.3 Å². The lowest BCUT2D eigenvalue weighted by Crippen LogP contribution is -2.50. The Kier molecular flexibility index (Phi) is 12.5. The molecule has 2 aromatic heterocycles. The van der Waals surface area contributed by atoms with Crippen molar-refractivity contribution in [3.63, 3.8) is 0 Å². The van der Waals surface area contributed by atoms with Gasteiger partial charge in [-0.3, -0.25) is 10.6 Å². The van der Waals surface area contributed by atoms with E-state index >= 15 is 0 Å². The fourth-order valence-corrected chi connectivity index (χ4v) is 13.2. The second kappa shape index (κ2) is 17.2. The zero-order valence-corrected chi connectivity index (χ0v) is 36.0. The number of nitrogens with zero attached hydrogens (tertiary/aromatic N) is 4. The summed E-state index contributed by atoms with van der Waals surface area (Å²) in [5.74, 6) is 2.58. The molecule has 0 saturated carbocycles. The molecule has 0 radical (unpaired) electrons. The topological polar surface area (TPSA) is 132 Å². The standard InChI is InChI=1S/C43H54ClN7O5Si/c1-27(2)57(28(3)4,29(5)6)56-37-16-14-30(24-34(37)44)51-40(26-38(49-51)43(7,8)9)48-41(52)46-35-15-17-36(33-13-11-10-12-32(33)35)55-31-18-19-45-39(25-31)47-42(53)50-20-22-54-23-21-50/h10-19,24-29H,20-23H2,1-9H3,(H,45,47,53)(H2,46,48,52). The van der Waals surface area contributed by atoms with E-state index in [1.165, 1.54) is 0 Å². The van der Waals surface area contributed by atoms with Crippen LogP contribution < -0.4 is 25.1 Å². The summed E-state index contributed by atoms with van der Waals surface area (Å²) < 4.78 is 20.3. The Morgan fingerprint density at radius 1 is 0.825 bits per heavy atom. The highest BCUT2D eigenvalue weighted by Gasteiger charge is 2.47. The van der Waals surface area contributed by atoms with Gasteiger partial charge in [0.1, 0.15) is 28.9 Å². The number of carbonyl (C=O) groups excluding carboxylic acids is 2. The van der Waals surface area contributed by atoms with Gasteiger partial charge in [0.25, 0.3) is 8.32 Å². The molecule has 1 fully saturated rings. The normalized spacial score (nSPS) is 13.7. The van der Waals surface area contributed by atoms with Gasteiger partial charge >= 0.3 is 12.1 Å². The Morgan fingerprint density at radius 3 is 2.14 bits per heavy atom. The van der Waals surface area contributed by atoms with E-state index in [4.69, 9.17) is 30.6 Å². The van der Waals surface area contributed by atoms with Crippen molar-refractivity contribution >= 4 is 60.1 Å². The van der Waals surface area contributed by atoms with Crippen molar-refractivity contribution in [3.8, 4) is 22.9 Å². The minimum Gasteiger partial charge on any atom is -0.542 e. The average Bonchev–Trinajstić information content (AvgIpc) is 3.60. The van der Waals surface area contributed by atoms with Crippen LogP contribution in [0.15, 0.2) is 79.0 Å². The van der Waals surface area contributed by atoms with Gasteiger partial charge in [-0.1, -0.05) is 98.2 Å². The van der Waals surface area contributed by atoms with Crippen LogP contribution in [-0.4, -0.2) is 66.3 Å². The highest BCUT2D eigenvalue weighted by atomic mass is 35.5. The number of nitrogens with one attached hydrogen (secondary N) is 3. The molecular formula is C43H54ClN7O5Si. The number of ether oxygens (including phenoxy) is 2. The third kappa shape index (κ3) is 9.21. The fourth-order valence-electron chi connectivity index (χ4n) is 7.65. The van der Waals surface area contributed by atoms with Crippen LogP contribution in [0.1, 0.15) is 68.0 Å². The number of urea groups is 2. The summed E-state index contributed by atoms with van der Waals surface area (Å²) in [5.41, 5.74) is 2.95. The van der Waals surface area contributed by atoms with Crippen LogP contribution in [0.2, 0.25) is 21.6 Å². The van der Waals surface area contributed by atoms with E-state index in [2.05, 4.69) is 83.2 Å². The van der Waals surface area contributed by atoms with E-state index in [-0.39, 0.29) is 11.4 Å². The monoisotopic (exact) mass is 811 g/mol. The third-order valence-corrected chi connectivity index (χ3v) is 16.8. The molecule has 0 unspecified atom stereocenters. The number of hydrogen-bond donors (Lipinski definition) is 3. The van der Waals surface area contributed by atoms with Gasteiger partial charge in [0.05, 0.1) is 35.3 Å². The first-order chi connectivity index (χ1) is 27.1. The zero-order chi connectivity index (χ0) is 41.1. The summed E-state index contributed by atoms with van der Waals surface area (Å²) in [4.78, 5) is 32.5. The predicted molar refractivity (Wildman–Crippen MR) is 231 cm³/mol. The molecule has 1 aliphatic rings. The Hall–Kier alpha value is -5.11. The maximum absolute atomic E-state index is 13.8. The van der Waals surface area contributed by atoms with Crippen molar-refractivity contribution in [2.45, 2.75) is 84.4 Å². The molecule has 3 N–H and O–H groups in total. The number of benzene rings is 3. The number of rotatable bonds is 11. The third-order valence-electron chi connectivity index (χ3n) is 10.5. The van der Waals surface area contributed by atoms with E-state index in [0.717, 1.165) is 16.5 Å². The lowest BCUT2D eigenvalue weighted by molar-refractivity contribution is 0.0564. The van der Waals surface area contributed by atoms with Gasteiger partial charge in [0.15, 0.2) is 0 Å². The number of hydrogen-bond acceptors (Lipinski definition) is 7. The second-order valence-electron chi connectivity index (χ2n) is 16.4. The highest BCUT2D eigenvalue weighted by Crippen LogP contribution is 2.44. The number of aromatic nitrogens is 3. The molecule has 0 aliphatic carbocycles. The molecule has 302 valence electrons. The van der Waals surface area contributed by atoms with Crippen molar-refractivity contribution in [1.82, 2.24) is 19.7 Å². The summed E-state index contributed by atoms with van der Waals surface area (Å²) in [6.45, 7) is 21.7. The van der Waals surface area contributed by atoms with Gasteiger partial charge < -0.3 is 24.1 Å². The van der Waals surface area contributed by atoms with Crippen LogP contribution in [0.5, 0.6) is 17.2 Å². The molecule has 12 nitrogen and oxygen atoms in total. The maximum atomic E-state index is 13.8. The van der Waals surface area contributed by atoms with E-state index in [1.54, 1.807) is 40.0 Å². The predicted octanol–water partition coefficient (Wildman–Crippen LogP) is 11.2. The van der Waals surface area contributed by atoms with Crippen LogP contribution in [-0.2, 0) is 10.2 Å². The minimum absolute atomic E-state index is 0.242. The van der Waals surface area contributed by atoms with Gasteiger partial charge in [-0.2, -0.15) is 5.10 Å². The number of carbonyl (C=O) groups is 2. The van der Waals surface area contributed by atoms with Crippen LogP contribution >= 0.6 is 11.6 Å². The van der Waals surface area contributed by atoms with Crippen LogP contribution in [0.4, 0.5) is 26.9 Å². The maximum Gasteiger partial charge on any atom is 0.324 e. The summed E-state index contributed by atoms with van der Waals surface area (Å²) in [5, 5.41) is 15.9. The van der Waals surface area contributed by atoms with Crippen LogP contribution in [0.3, 0.4) is 0 Å².